The van der Waals surface area contributed by atoms with Gasteiger partial charge in [-0.05, 0) is 48.0 Å². The Morgan fingerprint density at radius 2 is 1.72 bits per heavy atom. The minimum Gasteiger partial charge on any atom is -0.364 e. The van der Waals surface area contributed by atoms with E-state index in [0.717, 1.165) is 17.0 Å². The van der Waals surface area contributed by atoms with Crippen LogP contribution in [0.25, 0.3) is 0 Å². The molecule has 2 N–H and O–H groups in total. The van der Waals surface area contributed by atoms with Gasteiger partial charge >= 0.3 is 0 Å². The molecule has 4 heterocycles. The number of carbonyl (C=O) groups is 1. The van der Waals surface area contributed by atoms with E-state index < -0.39 is 0 Å². The summed E-state index contributed by atoms with van der Waals surface area (Å²) in [5.41, 5.74) is 4.13. The Bertz CT molecular complexity index is 959. The van der Waals surface area contributed by atoms with E-state index in [1.807, 2.05) is 48.8 Å². The van der Waals surface area contributed by atoms with Crippen molar-refractivity contribution in [3.63, 3.8) is 0 Å². The Morgan fingerprint density at radius 1 is 0.880 bits per heavy atom. The van der Waals surface area contributed by atoms with E-state index in [0.29, 0.717) is 11.3 Å². The summed E-state index contributed by atoms with van der Waals surface area (Å²) in [5.74, 6) is -0.116. The lowest BCUT2D eigenvalue weighted by atomic mass is 9.94. The average molecular weight is 328 g/mol. The van der Waals surface area contributed by atoms with Crippen LogP contribution in [0.5, 0.6) is 0 Å². The number of H-pyrrole nitrogens is 2. The smallest absolute Gasteiger partial charge is 0.210 e. The molecule has 0 aliphatic rings. The highest BCUT2D eigenvalue weighted by molar-refractivity contribution is 6.07. The molecule has 25 heavy (non-hydrogen) atoms. The standard InChI is InChI=1S/C20H16N4O/c25-20(15-5-2-10-22-13-15)18-8-7-17(24-18)19(16-6-3-11-23-16)14-4-1-9-21-12-14/h1-13,19,23-24H. The van der Waals surface area contributed by atoms with Crippen molar-refractivity contribution in [3.8, 4) is 0 Å². The quantitative estimate of drug-likeness (QED) is 0.550. The third-order valence-corrected chi connectivity index (χ3v) is 4.14. The van der Waals surface area contributed by atoms with Crippen LogP contribution >= 0.6 is 0 Å². The van der Waals surface area contributed by atoms with Crippen molar-refractivity contribution in [2.75, 3.05) is 0 Å². The van der Waals surface area contributed by atoms with Gasteiger partial charge in [0.05, 0.1) is 11.6 Å². The molecule has 0 saturated carbocycles. The average Bonchev–Trinajstić information content (AvgIpc) is 3.36. The SMILES string of the molecule is O=C(c1cccnc1)c1ccc(C(c2cccnc2)c2ccc[nH]2)[nH]1. The lowest BCUT2D eigenvalue weighted by Crippen LogP contribution is -2.07. The molecule has 4 aromatic heterocycles. The predicted octanol–water partition coefficient (Wildman–Crippen LogP) is 3.54. The molecule has 0 spiro atoms. The Kier molecular flexibility index (Phi) is 3.96. The van der Waals surface area contributed by atoms with E-state index in [1.54, 1.807) is 30.7 Å². The number of aromatic nitrogens is 4. The predicted molar refractivity (Wildman–Crippen MR) is 94.4 cm³/mol. The second kappa shape index (κ2) is 6.57. The number of pyridine rings is 2. The summed E-state index contributed by atoms with van der Waals surface area (Å²) < 4.78 is 0. The largest absolute Gasteiger partial charge is 0.364 e. The Labute approximate surface area is 144 Å². The maximum Gasteiger partial charge on any atom is 0.210 e. The van der Waals surface area contributed by atoms with Crippen molar-refractivity contribution in [2.45, 2.75) is 5.92 Å². The molecule has 0 aromatic carbocycles. The second-order valence-electron chi connectivity index (χ2n) is 5.74. The number of hydrogen-bond donors (Lipinski definition) is 2. The van der Waals surface area contributed by atoms with Crippen molar-refractivity contribution in [2.24, 2.45) is 0 Å². The first-order valence-electron chi connectivity index (χ1n) is 8.00. The van der Waals surface area contributed by atoms with Crippen LogP contribution in [-0.2, 0) is 0 Å². The van der Waals surface area contributed by atoms with E-state index >= 15 is 0 Å². The molecular formula is C20H16N4O. The molecule has 0 bridgehead atoms. The van der Waals surface area contributed by atoms with Gasteiger partial charge in [0.25, 0.3) is 0 Å². The molecule has 1 atom stereocenters. The van der Waals surface area contributed by atoms with Crippen LogP contribution in [0.15, 0.2) is 79.5 Å². The van der Waals surface area contributed by atoms with E-state index in [-0.39, 0.29) is 11.7 Å². The van der Waals surface area contributed by atoms with Crippen LogP contribution < -0.4 is 0 Å². The summed E-state index contributed by atoms with van der Waals surface area (Å²) >= 11 is 0. The molecule has 5 nitrogen and oxygen atoms in total. The zero-order chi connectivity index (χ0) is 17.1. The Hall–Kier alpha value is -3.47. The van der Waals surface area contributed by atoms with Gasteiger partial charge in [-0.2, -0.15) is 0 Å². The number of rotatable bonds is 5. The number of carbonyl (C=O) groups excluding carboxylic acids is 1. The van der Waals surface area contributed by atoms with Crippen LogP contribution in [0, 0.1) is 0 Å². The van der Waals surface area contributed by atoms with E-state index in [1.165, 1.54) is 0 Å². The topological polar surface area (TPSA) is 74.4 Å². The van der Waals surface area contributed by atoms with Crippen molar-refractivity contribution in [1.82, 2.24) is 19.9 Å². The van der Waals surface area contributed by atoms with Gasteiger partial charge in [0, 0.05) is 47.9 Å². The first kappa shape index (κ1) is 15.1. The first-order valence-corrected chi connectivity index (χ1v) is 8.00. The van der Waals surface area contributed by atoms with Crippen molar-refractivity contribution >= 4 is 5.78 Å². The van der Waals surface area contributed by atoms with Gasteiger partial charge < -0.3 is 9.97 Å². The van der Waals surface area contributed by atoms with Gasteiger partial charge in [-0.3, -0.25) is 14.8 Å². The van der Waals surface area contributed by atoms with Crippen molar-refractivity contribution in [3.05, 3.63) is 108 Å². The molecule has 0 saturated heterocycles. The normalized spacial score (nSPS) is 12.0. The van der Waals surface area contributed by atoms with Crippen LogP contribution in [0.1, 0.15) is 38.9 Å². The lowest BCUT2D eigenvalue weighted by molar-refractivity contribution is 0.103. The minimum absolute atomic E-state index is 0.0425. The van der Waals surface area contributed by atoms with Crippen molar-refractivity contribution in [1.29, 1.82) is 0 Å². The van der Waals surface area contributed by atoms with Gasteiger partial charge in [-0.1, -0.05) is 6.07 Å². The van der Waals surface area contributed by atoms with Crippen LogP contribution in [-0.4, -0.2) is 25.7 Å². The number of aromatic amines is 2. The third kappa shape index (κ3) is 2.99. The van der Waals surface area contributed by atoms with Crippen LogP contribution in [0.3, 0.4) is 0 Å². The fraction of sp³-hybridized carbons (Fsp3) is 0.0500. The molecule has 4 rings (SSSR count). The van der Waals surface area contributed by atoms with E-state index in [4.69, 9.17) is 0 Å². The van der Waals surface area contributed by atoms with Crippen LogP contribution in [0.4, 0.5) is 0 Å². The molecule has 0 fully saturated rings. The molecule has 122 valence electrons. The Morgan fingerprint density at radius 3 is 2.40 bits per heavy atom. The summed E-state index contributed by atoms with van der Waals surface area (Å²) in [7, 11) is 0. The van der Waals surface area contributed by atoms with E-state index in [9.17, 15) is 4.79 Å². The van der Waals surface area contributed by atoms with Gasteiger partial charge in [-0.15, -0.1) is 0 Å². The zero-order valence-corrected chi connectivity index (χ0v) is 13.4. The maximum atomic E-state index is 12.6. The number of hydrogen-bond acceptors (Lipinski definition) is 3. The summed E-state index contributed by atoms with van der Waals surface area (Å²) in [5, 5.41) is 0. The maximum absolute atomic E-state index is 12.6. The van der Waals surface area contributed by atoms with Gasteiger partial charge in [0.15, 0.2) is 0 Å². The molecule has 0 aliphatic carbocycles. The van der Waals surface area contributed by atoms with Gasteiger partial charge in [-0.25, -0.2) is 0 Å². The molecule has 4 aromatic rings. The molecule has 5 heteroatoms. The highest BCUT2D eigenvalue weighted by atomic mass is 16.1. The third-order valence-electron chi connectivity index (χ3n) is 4.14. The van der Waals surface area contributed by atoms with E-state index in [2.05, 4.69) is 19.9 Å². The fourth-order valence-corrected chi connectivity index (χ4v) is 2.96. The first-order chi connectivity index (χ1) is 12.3. The zero-order valence-electron chi connectivity index (χ0n) is 13.4. The lowest BCUT2D eigenvalue weighted by Gasteiger charge is -2.14. The monoisotopic (exact) mass is 328 g/mol. The number of ketones is 1. The summed E-state index contributed by atoms with van der Waals surface area (Å²) in [6.07, 6.45) is 8.71. The molecule has 0 radical (unpaired) electrons. The second-order valence-corrected chi connectivity index (χ2v) is 5.74. The van der Waals surface area contributed by atoms with Gasteiger partial charge in [0.1, 0.15) is 0 Å². The van der Waals surface area contributed by atoms with Gasteiger partial charge in [0.2, 0.25) is 5.78 Å². The summed E-state index contributed by atoms with van der Waals surface area (Å²) in [4.78, 5) is 27.4. The number of nitrogens with one attached hydrogen (secondary N) is 2. The summed E-state index contributed by atoms with van der Waals surface area (Å²) in [6, 6.07) is 15.2. The van der Waals surface area contributed by atoms with Crippen molar-refractivity contribution < 1.29 is 4.79 Å². The summed E-state index contributed by atoms with van der Waals surface area (Å²) in [6.45, 7) is 0. The van der Waals surface area contributed by atoms with Crippen LogP contribution in [0.2, 0.25) is 0 Å². The molecule has 0 aliphatic heterocycles. The Balaban J connectivity index is 1.72. The highest BCUT2D eigenvalue weighted by Crippen LogP contribution is 2.30. The molecule has 1 unspecified atom stereocenters. The fourth-order valence-electron chi connectivity index (χ4n) is 2.96. The highest BCUT2D eigenvalue weighted by Gasteiger charge is 2.21. The number of nitrogens with zero attached hydrogens (tertiary/aromatic N) is 2. The minimum atomic E-state index is -0.0734. The molecule has 0 amide bonds. The molecular weight excluding hydrogens is 312 g/mol.